The Balaban J connectivity index is 1.51. The average molecular weight is 394 g/mol. The van der Waals surface area contributed by atoms with Crippen molar-refractivity contribution in [2.75, 3.05) is 19.6 Å². The molecule has 0 aliphatic carbocycles. The van der Waals surface area contributed by atoms with Crippen LogP contribution in [0.4, 0.5) is 8.78 Å². The predicted octanol–water partition coefficient (Wildman–Crippen LogP) is 2.87. The third-order valence-corrected chi connectivity index (χ3v) is 4.60. The second-order valence-corrected chi connectivity index (χ2v) is 7.01. The van der Waals surface area contributed by atoms with E-state index in [1.165, 1.54) is 0 Å². The van der Waals surface area contributed by atoms with Crippen LogP contribution >= 0.6 is 0 Å². The summed E-state index contributed by atoms with van der Waals surface area (Å²) in [5.74, 6) is 0.758. The van der Waals surface area contributed by atoms with Crippen molar-refractivity contribution >= 4 is 5.91 Å². The highest BCUT2D eigenvalue weighted by Gasteiger charge is 2.24. The molecule has 2 atom stereocenters. The summed E-state index contributed by atoms with van der Waals surface area (Å²) >= 11 is 0. The van der Waals surface area contributed by atoms with Gasteiger partial charge in [0.2, 0.25) is 11.7 Å². The highest BCUT2D eigenvalue weighted by atomic mass is 19.3. The minimum absolute atomic E-state index is 0.127. The number of aryl methyl sites for hydroxylation is 1. The van der Waals surface area contributed by atoms with Crippen molar-refractivity contribution in [3.8, 4) is 11.4 Å². The largest absolute Gasteiger partial charge is 0.348 e. The maximum Gasteiger partial charge on any atom is 0.345 e. The van der Waals surface area contributed by atoms with Crippen LogP contribution in [0.1, 0.15) is 36.0 Å². The molecule has 1 aliphatic heterocycles. The zero-order valence-corrected chi connectivity index (χ0v) is 15.9. The Bertz CT molecular complexity index is 782. The molecule has 1 N–H and O–H groups in total. The summed E-state index contributed by atoms with van der Waals surface area (Å²) in [6.45, 7) is 2.69. The molecule has 0 spiro atoms. The molecule has 28 heavy (non-hydrogen) atoms. The Morgan fingerprint density at radius 1 is 1.39 bits per heavy atom. The number of halogens is 2. The van der Waals surface area contributed by atoms with Crippen molar-refractivity contribution < 1.29 is 22.8 Å². The Kier molecular flexibility index (Phi) is 6.69. The van der Waals surface area contributed by atoms with Crippen LogP contribution in [0, 0.1) is 6.92 Å². The van der Waals surface area contributed by atoms with Crippen molar-refractivity contribution in [2.45, 2.75) is 45.4 Å². The van der Waals surface area contributed by atoms with Gasteiger partial charge in [-0.25, -0.2) is 0 Å². The van der Waals surface area contributed by atoms with Gasteiger partial charge in [0.05, 0.1) is 6.10 Å². The fourth-order valence-corrected chi connectivity index (χ4v) is 3.36. The number of carbonyl (C=O) groups is 1. The van der Waals surface area contributed by atoms with Crippen LogP contribution in [0.15, 0.2) is 28.8 Å². The number of benzene rings is 1. The van der Waals surface area contributed by atoms with E-state index in [0.29, 0.717) is 36.8 Å². The number of alkyl halides is 2. The number of piperidine rings is 1. The SMILES string of the molecule is Cc1nc(-c2ccc(C(=O)N[C@H](C)CN3CCCC(OC(F)F)C3)cc2)no1. The number of rotatable bonds is 7. The predicted molar refractivity (Wildman–Crippen MR) is 98.0 cm³/mol. The van der Waals surface area contributed by atoms with Crippen LogP contribution in [0.5, 0.6) is 0 Å². The van der Waals surface area contributed by atoms with Gasteiger partial charge >= 0.3 is 6.61 Å². The van der Waals surface area contributed by atoms with E-state index in [4.69, 9.17) is 4.52 Å². The lowest BCUT2D eigenvalue weighted by Crippen LogP contribution is -2.47. The molecule has 0 saturated carbocycles. The van der Waals surface area contributed by atoms with Gasteiger partial charge in [0, 0.05) is 37.2 Å². The lowest BCUT2D eigenvalue weighted by Gasteiger charge is -2.34. The quantitative estimate of drug-likeness (QED) is 0.778. The number of hydrogen-bond donors (Lipinski definition) is 1. The standard InChI is InChI=1S/C19H24F2N4O3/c1-12(10-25-9-3-4-16(11-25)27-19(20)21)22-18(26)15-7-5-14(6-8-15)17-23-13(2)28-24-17/h5-8,12,16,19H,3-4,9-11H2,1-2H3,(H,22,26)/t12-,16?/m1/s1. The first kappa shape index (κ1) is 20.3. The Morgan fingerprint density at radius 2 is 2.14 bits per heavy atom. The molecule has 0 bridgehead atoms. The molecule has 0 radical (unpaired) electrons. The monoisotopic (exact) mass is 394 g/mol. The lowest BCUT2D eigenvalue weighted by molar-refractivity contribution is -0.174. The summed E-state index contributed by atoms with van der Waals surface area (Å²) < 4.78 is 34.4. The lowest BCUT2D eigenvalue weighted by atomic mass is 10.1. The molecule has 152 valence electrons. The van der Waals surface area contributed by atoms with Crippen molar-refractivity contribution in [1.29, 1.82) is 0 Å². The Labute approximate surface area is 162 Å². The second kappa shape index (κ2) is 9.20. The van der Waals surface area contributed by atoms with Gasteiger partial charge < -0.3 is 14.6 Å². The summed E-state index contributed by atoms with van der Waals surface area (Å²) in [4.78, 5) is 18.7. The minimum atomic E-state index is -2.75. The van der Waals surface area contributed by atoms with E-state index >= 15 is 0 Å². The first-order valence-electron chi connectivity index (χ1n) is 9.28. The van der Waals surface area contributed by atoms with Crippen LogP contribution in [-0.4, -0.2) is 59.3 Å². The van der Waals surface area contributed by atoms with Crippen molar-refractivity contribution in [2.24, 2.45) is 0 Å². The van der Waals surface area contributed by atoms with Crippen LogP contribution in [0.3, 0.4) is 0 Å². The average Bonchev–Trinajstić information content (AvgIpc) is 3.08. The minimum Gasteiger partial charge on any atom is -0.348 e. The van der Waals surface area contributed by atoms with Crippen LogP contribution in [0.25, 0.3) is 11.4 Å². The van der Waals surface area contributed by atoms with E-state index < -0.39 is 12.7 Å². The molecular weight excluding hydrogens is 370 g/mol. The van der Waals surface area contributed by atoms with E-state index in [-0.39, 0.29) is 11.9 Å². The number of ether oxygens (including phenoxy) is 1. The van der Waals surface area contributed by atoms with Crippen LogP contribution in [0.2, 0.25) is 0 Å². The van der Waals surface area contributed by atoms with Gasteiger partial charge in [-0.05, 0) is 38.4 Å². The summed E-state index contributed by atoms with van der Waals surface area (Å²) in [6, 6.07) is 6.81. The fourth-order valence-electron chi connectivity index (χ4n) is 3.36. The van der Waals surface area contributed by atoms with Crippen molar-refractivity contribution in [1.82, 2.24) is 20.4 Å². The molecule has 3 rings (SSSR count). The Morgan fingerprint density at radius 3 is 2.79 bits per heavy atom. The van der Waals surface area contributed by atoms with E-state index in [2.05, 4.69) is 20.2 Å². The summed E-state index contributed by atoms with van der Waals surface area (Å²) in [7, 11) is 0. The Hall–Kier alpha value is -2.39. The second-order valence-electron chi connectivity index (χ2n) is 7.01. The smallest absolute Gasteiger partial charge is 0.345 e. The van der Waals surface area contributed by atoms with Gasteiger partial charge in [0.1, 0.15) is 0 Å². The zero-order chi connectivity index (χ0) is 20.1. The summed E-state index contributed by atoms with van der Waals surface area (Å²) in [5, 5.41) is 6.79. The third-order valence-electron chi connectivity index (χ3n) is 4.60. The first-order valence-corrected chi connectivity index (χ1v) is 9.28. The molecule has 1 amide bonds. The van der Waals surface area contributed by atoms with E-state index in [0.717, 1.165) is 18.5 Å². The summed E-state index contributed by atoms with van der Waals surface area (Å²) in [5.41, 5.74) is 1.29. The molecular formula is C19H24F2N4O3. The maximum atomic E-state index is 12.5. The fraction of sp³-hybridized carbons (Fsp3) is 0.526. The summed E-state index contributed by atoms with van der Waals surface area (Å²) in [6.07, 6.45) is 0.973. The van der Waals surface area contributed by atoms with Crippen LogP contribution < -0.4 is 5.32 Å². The van der Waals surface area contributed by atoms with Crippen molar-refractivity contribution in [3.05, 3.63) is 35.7 Å². The maximum absolute atomic E-state index is 12.5. The third kappa shape index (κ3) is 5.56. The van der Waals surface area contributed by atoms with Crippen LogP contribution in [-0.2, 0) is 4.74 Å². The number of aromatic nitrogens is 2. The molecule has 1 unspecified atom stereocenters. The highest BCUT2D eigenvalue weighted by Crippen LogP contribution is 2.17. The first-order chi connectivity index (χ1) is 13.4. The number of nitrogens with zero attached hydrogens (tertiary/aromatic N) is 3. The zero-order valence-electron chi connectivity index (χ0n) is 15.9. The van der Waals surface area contributed by atoms with Gasteiger partial charge in [-0.2, -0.15) is 13.8 Å². The molecule has 2 heterocycles. The van der Waals surface area contributed by atoms with E-state index in [9.17, 15) is 13.6 Å². The molecule has 1 aliphatic rings. The molecule has 7 nitrogen and oxygen atoms in total. The highest BCUT2D eigenvalue weighted by molar-refractivity contribution is 5.94. The van der Waals surface area contributed by atoms with Gasteiger partial charge in [-0.1, -0.05) is 17.3 Å². The topological polar surface area (TPSA) is 80.5 Å². The molecule has 2 aromatic rings. The van der Waals surface area contributed by atoms with E-state index in [1.807, 2.05) is 11.8 Å². The number of likely N-dealkylation sites (tertiary alicyclic amines) is 1. The van der Waals surface area contributed by atoms with E-state index in [1.54, 1.807) is 31.2 Å². The van der Waals surface area contributed by atoms with Crippen molar-refractivity contribution in [3.63, 3.8) is 0 Å². The molecule has 1 saturated heterocycles. The molecule has 9 heteroatoms. The van der Waals surface area contributed by atoms with Gasteiger partial charge in [0.15, 0.2) is 0 Å². The van der Waals surface area contributed by atoms with Gasteiger partial charge in [0.25, 0.3) is 5.91 Å². The molecule has 1 fully saturated rings. The molecule has 1 aromatic carbocycles. The number of nitrogens with one attached hydrogen (secondary N) is 1. The molecule has 1 aromatic heterocycles. The van der Waals surface area contributed by atoms with Gasteiger partial charge in [-0.3, -0.25) is 9.69 Å². The normalized spacial score (nSPS) is 19.0. The van der Waals surface area contributed by atoms with Gasteiger partial charge in [-0.15, -0.1) is 0 Å². The number of amides is 1. The number of hydrogen-bond acceptors (Lipinski definition) is 6. The number of carbonyl (C=O) groups excluding carboxylic acids is 1.